The molecule has 1 fully saturated rings. The number of rotatable bonds is 6. The zero-order valence-electron chi connectivity index (χ0n) is 30.6. The molecule has 3 aliphatic carbocycles. The number of amides is 2. The molecule has 3 atom stereocenters. The van der Waals surface area contributed by atoms with E-state index in [0.29, 0.717) is 10.5 Å². The van der Waals surface area contributed by atoms with Gasteiger partial charge in [0, 0.05) is 12.0 Å². The Bertz CT molecular complexity index is 2970. The zero-order chi connectivity index (χ0) is 39.3. The van der Waals surface area contributed by atoms with Gasteiger partial charge >= 0.3 is 5.97 Å². The van der Waals surface area contributed by atoms with Crippen molar-refractivity contribution in [3.63, 3.8) is 0 Å². The standard InChI is InChI=1S/C45H32N4O7S/c1-3-56-43(53)35-24(2)46-44-48(39(35)27-18-12-14-25-13-4-5-15-26(25)27)40(50)34(57-44)23-45-30-19-8-6-16-28(30)36(29-17-7-9-20-31(29)45)37-38(45)42(52)47(41(37)51)32-21-10-11-22-33(32)49(54)55/h4-23,36-39H,3H2,1-2H3/b34-23+/t36?,37-,38-,39+,45?/m0/s1. The SMILES string of the molecule is CCOC(=O)C1=C(C)N=c2s/c(=C/C34c5ccccc5C(c5ccccc53)[C@@H]3C(=O)N(c5ccccc5[N+](=O)[O-])C(=O)[C@H]34)c(=O)n2[C@@H]1c1cccc2ccccc12. The summed E-state index contributed by atoms with van der Waals surface area (Å²) in [7, 11) is 0. The van der Waals surface area contributed by atoms with Crippen LogP contribution in [0.4, 0.5) is 11.4 Å². The third-order valence-electron chi connectivity index (χ3n) is 12.0. The Morgan fingerprint density at radius 1 is 0.860 bits per heavy atom. The van der Waals surface area contributed by atoms with Crippen molar-refractivity contribution < 1.29 is 24.0 Å². The maximum atomic E-state index is 15.2. The van der Waals surface area contributed by atoms with Gasteiger partial charge in [-0.1, -0.05) is 114 Å². The molecule has 6 aromatic rings. The van der Waals surface area contributed by atoms with E-state index in [1.54, 1.807) is 24.5 Å². The van der Waals surface area contributed by atoms with Crippen molar-refractivity contribution in [3.8, 4) is 0 Å². The number of esters is 1. The first-order valence-electron chi connectivity index (χ1n) is 18.7. The van der Waals surface area contributed by atoms with Crippen LogP contribution < -0.4 is 19.8 Å². The number of imide groups is 1. The van der Waals surface area contributed by atoms with E-state index in [-0.39, 0.29) is 28.1 Å². The Balaban J connectivity index is 1.27. The summed E-state index contributed by atoms with van der Waals surface area (Å²) < 4.78 is 7.37. The lowest BCUT2D eigenvalue weighted by atomic mass is 9.47. The number of benzene rings is 5. The van der Waals surface area contributed by atoms with Crippen LogP contribution in [-0.2, 0) is 24.5 Å². The van der Waals surface area contributed by atoms with Crippen LogP contribution >= 0.6 is 11.3 Å². The third kappa shape index (κ3) is 4.67. The van der Waals surface area contributed by atoms with Crippen LogP contribution in [0.2, 0.25) is 0 Å². The second-order valence-electron chi connectivity index (χ2n) is 14.7. The van der Waals surface area contributed by atoms with E-state index in [1.807, 2.05) is 97.1 Å². The van der Waals surface area contributed by atoms with E-state index in [2.05, 4.69) is 0 Å². The van der Waals surface area contributed by atoms with Gasteiger partial charge in [-0.2, -0.15) is 0 Å². The highest BCUT2D eigenvalue weighted by atomic mass is 32.1. The number of aromatic nitrogens is 1. The van der Waals surface area contributed by atoms with Crippen molar-refractivity contribution in [1.29, 1.82) is 0 Å². The van der Waals surface area contributed by atoms with Gasteiger partial charge < -0.3 is 4.74 Å². The quantitative estimate of drug-likeness (QED) is 0.0868. The average Bonchev–Trinajstić information content (AvgIpc) is 3.67. The first kappa shape index (κ1) is 34.7. The summed E-state index contributed by atoms with van der Waals surface area (Å²) in [4.78, 5) is 76.7. The number of allylic oxidation sites excluding steroid dienone is 1. The molecule has 0 saturated carbocycles. The van der Waals surface area contributed by atoms with E-state index in [0.717, 1.165) is 54.8 Å². The largest absolute Gasteiger partial charge is 0.463 e. The molecule has 2 bridgehead atoms. The van der Waals surface area contributed by atoms with E-state index in [1.165, 1.54) is 18.2 Å². The summed E-state index contributed by atoms with van der Waals surface area (Å²) in [6.45, 7) is 3.59. The number of nitro groups is 1. The van der Waals surface area contributed by atoms with Crippen molar-refractivity contribution in [2.75, 3.05) is 11.5 Å². The molecular weight excluding hydrogens is 741 g/mol. The van der Waals surface area contributed by atoms with Gasteiger partial charge in [-0.15, -0.1) is 0 Å². The molecule has 0 spiro atoms. The van der Waals surface area contributed by atoms with Crippen molar-refractivity contribution in [2.24, 2.45) is 16.8 Å². The minimum atomic E-state index is -1.34. The molecule has 12 heteroatoms. The number of thiazole rings is 1. The van der Waals surface area contributed by atoms with Crippen LogP contribution in [0.15, 0.2) is 136 Å². The molecule has 1 saturated heterocycles. The number of fused-ring (bicyclic) bond motifs is 2. The minimum Gasteiger partial charge on any atom is -0.463 e. The second kappa shape index (κ2) is 12.6. The Labute approximate surface area is 328 Å². The average molecular weight is 773 g/mol. The lowest BCUT2D eigenvalue weighted by Gasteiger charge is -2.53. The summed E-state index contributed by atoms with van der Waals surface area (Å²) in [6.07, 6.45) is 1.82. The van der Waals surface area contributed by atoms with E-state index in [9.17, 15) is 19.7 Å². The van der Waals surface area contributed by atoms with Gasteiger partial charge in [-0.3, -0.25) is 29.1 Å². The molecule has 5 aromatic carbocycles. The van der Waals surface area contributed by atoms with Gasteiger partial charge in [-0.25, -0.2) is 14.7 Å². The maximum absolute atomic E-state index is 15.2. The molecule has 5 aliphatic rings. The van der Waals surface area contributed by atoms with E-state index >= 15 is 9.59 Å². The predicted octanol–water partition coefficient (Wildman–Crippen LogP) is 6.06. The summed E-state index contributed by atoms with van der Waals surface area (Å²) in [6, 6.07) is 33.8. The van der Waals surface area contributed by atoms with Crippen LogP contribution in [-0.4, -0.2) is 33.9 Å². The zero-order valence-corrected chi connectivity index (χ0v) is 31.4. The normalized spacial score (nSPS) is 23.2. The fourth-order valence-electron chi connectivity index (χ4n) is 9.90. The number of nitrogens with zero attached hydrogens (tertiary/aromatic N) is 4. The first-order chi connectivity index (χ1) is 27.7. The molecule has 3 heterocycles. The molecule has 11 nitrogen and oxygen atoms in total. The summed E-state index contributed by atoms with van der Waals surface area (Å²) in [5.41, 5.74) is 2.43. The van der Waals surface area contributed by atoms with Crippen molar-refractivity contribution >= 4 is 57.3 Å². The van der Waals surface area contributed by atoms with Crippen LogP contribution in [0.3, 0.4) is 0 Å². The Morgan fingerprint density at radius 3 is 2.21 bits per heavy atom. The smallest absolute Gasteiger partial charge is 0.338 e. The number of para-hydroxylation sites is 2. The third-order valence-corrected chi connectivity index (χ3v) is 13.0. The highest BCUT2D eigenvalue weighted by molar-refractivity contribution is 7.07. The molecule has 280 valence electrons. The molecule has 1 aromatic heterocycles. The fourth-order valence-corrected chi connectivity index (χ4v) is 11.0. The van der Waals surface area contributed by atoms with Gasteiger partial charge in [0.05, 0.1) is 50.6 Å². The highest BCUT2D eigenvalue weighted by Gasteiger charge is 2.68. The van der Waals surface area contributed by atoms with Gasteiger partial charge in [0.1, 0.15) is 5.69 Å². The van der Waals surface area contributed by atoms with E-state index in [4.69, 9.17) is 9.73 Å². The topological polar surface area (TPSA) is 141 Å². The molecule has 0 N–H and O–H groups in total. The number of carbonyl (C=O) groups is 3. The van der Waals surface area contributed by atoms with Crippen LogP contribution in [0.25, 0.3) is 16.8 Å². The molecular formula is C45H32N4O7S. The summed E-state index contributed by atoms with van der Waals surface area (Å²) in [5.74, 6) is -4.15. The molecule has 11 rings (SSSR count). The van der Waals surface area contributed by atoms with Crippen LogP contribution in [0, 0.1) is 22.0 Å². The lowest BCUT2D eigenvalue weighted by Crippen LogP contribution is -2.53. The predicted molar refractivity (Wildman–Crippen MR) is 213 cm³/mol. The minimum absolute atomic E-state index is 0.0917. The molecule has 57 heavy (non-hydrogen) atoms. The molecule has 2 aliphatic heterocycles. The van der Waals surface area contributed by atoms with Crippen molar-refractivity contribution in [2.45, 2.75) is 31.2 Å². The van der Waals surface area contributed by atoms with E-state index < -0.39 is 57.5 Å². The number of ether oxygens (including phenoxy) is 1. The monoisotopic (exact) mass is 772 g/mol. The van der Waals surface area contributed by atoms with Crippen molar-refractivity contribution in [3.05, 3.63) is 184 Å². The number of nitro benzene ring substituents is 1. The van der Waals surface area contributed by atoms with Gasteiger partial charge in [-0.05, 0) is 64.6 Å². The Hall–Kier alpha value is -6.79. The van der Waals surface area contributed by atoms with Gasteiger partial charge in [0.2, 0.25) is 11.8 Å². The van der Waals surface area contributed by atoms with Gasteiger partial charge in [0.25, 0.3) is 11.2 Å². The first-order valence-corrected chi connectivity index (χ1v) is 19.5. The molecule has 2 amide bonds. The highest BCUT2D eigenvalue weighted by Crippen LogP contribution is 2.65. The number of hydrogen-bond donors (Lipinski definition) is 0. The summed E-state index contributed by atoms with van der Waals surface area (Å²) in [5, 5.41) is 14.0. The number of anilines is 1. The number of carbonyl (C=O) groups excluding carboxylic acids is 3. The fraction of sp³-hybridized carbons (Fsp3) is 0.178. The Morgan fingerprint density at radius 2 is 1.49 bits per heavy atom. The second-order valence-corrected chi connectivity index (χ2v) is 15.7. The van der Waals surface area contributed by atoms with Crippen molar-refractivity contribution in [1.82, 2.24) is 4.57 Å². The lowest BCUT2D eigenvalue weighted by molar-refractivity contribution is -0.384. The molecule has 0 radical (unpaired) electrons. The molecule has 0 unspecified atom stereocenters. The summed E-state index contributed by atoms with van der Waals surface area (Å²) >= 11 is 1.15. The Kier molecular flexibility index (Phi) is 7.68. The van der Waals surface area contributed by atoms with Crippen LogP contribution in [0.5, 0.6) is 0 Å². The van der Waals surface area contributed by atoms with Crippen LogP contribution in [0.1, 0.15) is 53.6 Å². The maximum Gasteiger partial charge on any atom is 0.338 e. The van der Waals surface area contributed by atoms with Gasteiger partial charge in [0.15, 0.2) is 4.80 Å². The number of hydrogen-bond acceptors (Lipinski definition) is 9.